The second-order valence-corrected chi connectivity index (χ2v) is 4.16. The molecule has 104 valence electrons. The van der Waals surface area contributed by atoms with Gasteiger partial charge in [-0.25, -0.2) is 4.79 Å². The van der Waals surface area contributed by atoms with Crippen LogP contribution >= 0.6 is 0 Å². The lowest BCUT2D eigenvalue weighted by atomic mass is 10.4. The van der Waals surface area contributed by atoms with Crippen molar-refractivity contribution in [3.8, 4) is 0 Å². The molecule has 0 radical (unpaired) electrons. The van der Waals surface area contributed by atoms with E-state index < -0.39 is 0 Å². The van der Waals surface area contributed by atoms with Crippen molar-refractivity contribution in [3.05, 3.63) is 24.8 Å². The van der Waals surface area contributed by atoms with Gasteiger partial charge < -0.3 is 14.5 Å². The SMILES string of the molecule is C=C(C)C(=O)OCCN(C)C.C=CC(=O)N(C)C. The van der Waals surface area contributed by atoms with Gasteiger partial charge in [0.05, 0.1) is 0 Å². The van der Waals surface area contributed by atoms with Crippen LogP contribution in [-0.2, 0) is 14.3 Å². The summed E-state index contributed by atoms with van der Waals surface area (Å²) in [7, 11) is 7.22. The van der Waals surface area contributed by atoms with Gasteiger partial charge in [-0.15, -0.1) is 0 Å². The van der Waals surface area contributed by atoms with Crippen LogP contribution < -0.4 is 0 Å². The van der Waals surface area contributed by atoms with Crippen LogP contribution in [0.25, 0.3) is 0 Å². The van der Waals surface area contributed by atoms with E-state index in [4.69, 9.17) is 4.74 Å². The molecule has 0 aromatic carbocycles. The summed E-state index contributed by atoms with van der Waals surface area (Å²) >= 11 is 0. The van der Waals surface area contributed by atoms with E-state index in [0.29, 0.717) is 12.2 Å². The molecule has 0 aliphatic heterocycles. The minimum Gasteiger partial charge on any atom is -0.461 e. The maximum Gasteiger partial charge on any atom is 0.333 e. The van der Waals surface area contributed by atoms with Crippen molar-refractivity contribution >= 4 is 11.9 Å². The lowest BCUT2D eigenvalue weighted by Gasteiger charge is -2.09. The van der Waals surface area contributed by atoms with Gasteiger partial charge in [0.2, 0.25) is 5.91 Å². The predicted molar refractivity (Wildman–Crippen MR) is 73.2 cm³/mol. The van der Waals surface area contributed by atoms with E-state index in [9.17, 15) is 9.59 Å². The van der Waals surface area contributed by atoms with E-state index in [2.05, 4.69) is 13.2 Å². The number of ether oxygens (including phenoxy) is 1. The lowest BCUT2D eigenvalue weighted by molar-refractivity contribution is -0.139. The highest BCUT2D eigenvalue weighted by Crippen LogP contribution is 1.91. The van der Waals surface area contributed by atoms with Crippen LogP contribution in [0.4, 0.5) is 0 Å². The van der Waals surface area contributed by atoms with E-state index in [1.165, 1.54) is 11.0 Å². The van der Waals surface area contributed by atoms with Gasteiger partial charge in [0.25, 0.3) is 0 Å². The first kappa shape index (κ1) is 18.7. The van der Waals surface area contributed by atoms with E-state index in [1.807, 2.05) is 19.0 Å². The zero-order chi connectivity index (χ0) is 14.7. The molecule has 0 aliphatic carbocycles. The molecule has 0 bridgehead atoms. The van der Waals surface area contributed by atoms with Gasteiger partial charge >= 0.3 is 5.97 Å². The number of carbonyl (C=O) groups excluding carboxylic acids is 2. The van der Waals surface area contributed by atoms with Crippen LogP contribution in [0, 0.1) is 0 Å². The van der Waals surface area contributed by atoms with Gasteiger partial charge in [-0.05, 0) is 27.1 Å². The summed E-state index contributed by atoms with van der Waals surface area (Å²) in [5, 5.41) is 0. The zero-order valence-corrected chi connectivity index (χ0v) is 12.0. The highest BCUT2D eigenvalue weighted by Gasteiger charge is 2.01. The summed E-state index contributed by atoms with van der Waals surface area (Å²) in [6, 6.07) is 0. The van der Waals surface area contributed by atoms with Crippen LogP contribution in [0.5, 0.6) is 0 Å². The Balaban J connectivity index is 0. The maximum atomic E-state index is 10.8. The number of amides is 1. The molecule has 5 heteroatoms. The highest BCUT2D eigenvalue weighted by molar-refractivity contribution is 5.87. The van der Waals surface area contributed by atoms with Crippen molar-refractivity contribution in [2.75, 3.05) is 41.3 Å². The number of hydrogen-bond donors (Lipinski definition) is 0. The Morgan fingerprint density at radius 3 is 1.94 bits per heavy atom. The Morgan fingerprint density at radius 1 is 1.22 bits per heavy atom. The zero-order valence-electron chi connectivity index (χ0n) is 12.0. The quantitative estimate of drug-likeness (QED) is 0.542. The molecule has 0 aromatic rings. The third-order valence-corrected chi connectivity index (χ3v) is 1.74. The molecule has 0 saturated carbocycles. The summed E-state index contributed by atoms with van der Waals surface area (Å²) in [4.78, 5) is 24.5. The fourth-order valence-corrected chi connectivity index (χ4v) is 0.627. The molecule has 0 N–H and O–H groups in total. The number of rotatable bonds is 5. The third kappa shape index (κ3) is 12.4. The molecule has 0 heterocycles. The van der Waals surface area contributed by atoms with Crippen LogP contribution in [0.15, 0.2) is 24.8 Å². The minimum absolute atomic E-state index is 0.0556. The maximum absolute atomic E-state index is 10.8. The number of hydrogen-bond acceptors (Lipinski definition) is 4. The van der Waals surface area contributed by atoms with E-state index in [0.717, 1.165) is 6.54 Å². The van der Waals surface area contributed by atoms with Gasteiger partial charge in [0.15, 0.2) is 0 Å². The molecule has 0 aromatic heterocycles. The van der Waals surface area contributed by atoms with Crippen LogP contribution in [0.2, 0.25) is 0 Å². The number of nitrogens with zero attached hydrogens (tertiary/aromatic N) is 2. The first-order valence-electron chi connectivity index (χ1n) is 5.53. The van der Waals surface area contributed by atoms with Gasteiger partial charge in [-0.3, -0.25) is 4.79 Å². The summed E-state index contributed by atoms with van der Waals surface area (Å²) in [6.07, 6.45) is 1.28. The van der Waals surface area contributed by atoms with Crippen LogP contribution in [0.3, 0.4) is 0 Å². The molecule has 0 unspecified atom stereocenters. The van der Waals surface area contributed by atoms with Crippen molar-refractivity contribution in [3.63, 3.8) is 0 Å². The molecule has 0 atom stereocenters. The van der Waals surface area contributed by atoms with Gasteiger partial charge in [0.1, 0.15) is 6.61 Å². The van der Waals surface area contributed by atoms with Crippen molar-refractivity contribution in [1.29, 1.82) is 0 Å². The number of carbonyl (C=O) groups is 2. The Bertz CT molecular complexity index is 297. The standard InChI is InChI=1S/C8H15NO2.C5H9NO/c1-7(2)8(10)11-6-5-9(3)4;1-4-5(7)6(2)3/h1,5-6H2,2-4H3;4H,1H2,2-3H3. The lowest BCUT2D eigenvalue weighted by Crippen LogP contribution is -2.20. The van der Waals surface area contributed by atoms with E-state index in [1.54, 1.807) is 21.0 Å². The van der Waals surface area contributed by atoms with E-state index >= 15 is 0 Å². The molecule has 1 amide bonds. The fourth-order valence-electron chi connectivity index (χ4n) is 0.627. The summed E-state index contributed by atoms with van der Waals surface area (Å²) in [6.45, 7) is 9.57. The van der Waals surface area contributed by atoms with Crippen LogP contribution in [0.1, 0.15) is 6.92 Å². The average Bonchev–Trinajstić information content (AvgIpc) is 2.27. The largest absolute Gasteiger partial charge is 0.461 e. The molecule has 0 saturated heterocycles. The fraction of sp³-hybridized carbons (Fsp3) is 0.538. The first-order chi connectivity index (χ1) is 8.22. The molecule has 0 rings (SSSR count). The smallest absolute Gasteiger partial charge is 0.333 e. The normalized spacial score (nSPS) is 9.00. The second-order valence-electron chi connectivity index (χ2n) is 4.16. The van der Waals surface area contributed by atoms with Crippen LogP contribution in [-0.4, -0.2) is 63.0 Å². The Hall–Kier alpha value is -1.62. The summed E-state index contributed by atoms with van der Waals surface area (Å²) in [5.41, 5.74) is 0.448. The predicted octanol–water partition coefficient (Wildman–Crippen LogP) is 0.928. The number of likely N-dealkylation sites (N-methyl/N-ethyl adjacent to an activating group) is 2. The highest BCUT2D eigenvalue weighted by atomic mass is 16.5. The minimum atomic E-state index is -0.313. The topological polar surface area (TPSA) is 49.9 Å². The molecule has 18 heavy (non-hydrogen) atoms. The van der Waals surface area contributed by atoms with Crippen molar-refractivity contribution in [1.82, 2.24) is 9.80 Å². The molecular weight excluding hydrogens is 232 g/mol. The molecular formula is C13H24N2O3. The summed E-state index contributed by atoms with van der Waals surface area (Å²) in [5.74, 6) is -0.369. The summed E-state index contributed by atoms with van der Waals surface area (Å²) < 4.78 is 4.83. The molecule has 5 nitrogen and oxygen atoms in total. The third-order valence-electron chi connectivity index (χ3n) is 1.74. The first-order valence-corrected chi connectivity index (χ1v) is 5.53. The van der Waals surface area contributed by atoms with Crippen molar-refractivity contribution in [2.45, 2.75) is 6.92 Å². The Labute approximate surface area is 110 Å². The Kier molecular flexibility index (Phi) is 11.0. The average molecular weight is 256 g/mol. The number of esters is 1. The molecule has 0 fully saturated rings. The van der Waals surface area contributed by atoms with Gasteiger partial charge in [0, 0.05) is 26.2 Å². The second kappa shape index (κ2) is 10.5. The van der Waals surface area contributed by atoms with Crippen molar-refractivity contribution < 1.29 is 14.3 Å². The van der Waals surface area contributed by atoms with Gasteiger partial charge in [-0.2, -0.15) is 0 Å². The van der Waals surface area contributed by atoms with Gasteiger partial charge in [-0.1, -0.05) is 13.2 Å². The van der Waals surface area contributed by atoms with Crippen molar-refractivity contribution in [2.24, 2.45) is 0 Å². The monoisotopic (exact) mass is 256 g/mol. The molecule has 0 spiro atoms. The Morgan fingerprint density at radius 2 is 1.72 bits per heavy atom. The molecule has 0 aliphatic rings. The van der Waals surface area contributed by atoms with E-state index in [-0.39, 0.29) is 11.9 Å².